The summed E-state index contributed by atoms with van der Waals surface area (Å²) >= 11 is 0. The first-order chi connectivity index (χ1) is 44.0. The van der Waals surface area contributed by atoms with Crippen LogP contribution < -0.4 is 16.0 Å². The van der Waals surface area contributed by atoms with Gasteiger partial charge in [0.1, 0.15) is 110 Å². The van der Waals surface area contributed by atoms with E-state index in [1.807, 2.05) is 0 Å². The van der Waals surface area contributed by atoms with Crippen molar-refractivity contribution in [3.05, 3.63) is 35.9 Å². The number of alkyl carbamates (subject to hydrolysis) is 1. The van der Waals surface area contributed by atoms with E-state index < -0.39 is 185 Å². The molecule has 4 aliphatic heterocycles. The minimum Gasteiger partial charge on any atom is -0.445 e. The van der Waals surface area contributed by atoms with Crippen molar-refractivity contribution in [1.82, 2.24) is 25.8 Å². The molecule has 92 heavy (non-hydrogen) atoms. The Morgan fingerprint density at radius 1 is 0.435 bits per heavy atom. The second kappa shape index (κ2) is 40.7. The van der Waals surface area contributed by atoms with E-state index in [0.717, 1.165) is 0 Å². The summed E-state index contributed by atoms with van der Waals surface area (Å²) in [5, 5.41) is 169. The number of benzene rings is 1. The van der Waals surface area contributed by atoms with Gasteiger partial charge in [0.05, 0.1) is 52.9 Å². The summed E-state index contributed by atoms with van der Waals surface area (Å²) in [7, 11) is 0. The van der Waals surface area contributed by atoms with Gasteiger partial charge in [0.15, 0.2) is 25.2 Å². The molecule has 4 fully saturated rings. The van der Waals surface area contributed by atoms with Gasteiger partial charge in [-0.3, -0.25) is 19.2 Å². The van der Waals surface area contributed by atoms with Crippen molar-refractivity contribution in [2.45, 2.75) is 200 Å². The summed E-state index contributed by atoms with van der Waals surface area (Å²) < 4.78 is 49.2. The van der Waals surface area contributed by atoms with Crippen LogP contribution in [0.4, 0.5) is 4.79 Å². The number of nitrogens with one attached hydrogen (secondary N) is 3. The van der Waals surface area contributed by atoms with Crippen LogP contribution in [-0.2, 0) is 68.4 Å². The van der Waals surface area contributed by atoms with Gasteiger partial charge >= 0.3 is 6.09 Å². The van der Waals surface area contributed by atoms with E-state index in [4.69, 9.17) is 42.6 Å². The Morgan fingerprint density at radius 2 is 0.783 bits per heavy atom. The summed E-state index contributed by atoms with van der Waals surface area (Å²) in [6.07, 6.45) is -30.2. The van der Waals surface area contributed by atoms with Crippen molar-refractivity contribution in [1.29, 1.82) is 0 Å². The van der Waals surface area contributed by atoms with Crippen LogP contribution in [0.1, 0.15) is 69.8 Å². The monoisotopic (exact) mass is 1330 g/mol. The van der Waals surface area contributed by atoms with Crippen LogP contribution in [0.5, 0.6) is 0 Å². The van der Waals surface area contributed by atoms with E-state index in [9.17, 15) is 106 Å². The van der Waals surface area contributed by atoms with E-state index in [1.54, 1.807) is 30.3 Å². The van der Waals surface area contributed by atoms with Crippen LogP contribution in [0.15, 0.2) is 30.3 Å². The number of hydrogen-bond donors (Lipinski definition) is 19. The van der Waals surface area contributed by atoms with Gasteiger partial charge in [-0.05, 0) is 37.7 Å². The van der Waals surface area contributed by atoms with Gasteiger partial charge in [0.25, 0.3) is 0 Å². The highest BCUT2D eigenvalue weighted by Gasteiger charge is 2.47. The minimum absolute atomic E-state index is 0.0156. The second-order valence-corrected chi connectivity index (χ2v) is 22.6. The van der Waals surface area contributed by atoms with Gasteiger partial charge in [-0.1, -0.05) is 43.2 Å². The molecule has 4 aliphatic rings. The summed E-state index contributed by atoms with van der Waals surface area (Å²) in [4.78, 5) is 69.4. The van der Waals surface area contributed by atoms with Gasteiger partial charge in [0, 0.05) is 58.5 Å². The maximum atomic E-state index is 13.6. The van der Waals surface area contributed by atoms with Crippen LogP contribution in [0, 0.1) is 0 Å². The highest BCUT2D eigenvalue weighted by molar-refractivity contribution is 5.86. The second-order valence-electron chi connectivity index (χ2n) is 22.6. The van der Waals surface area contributed by atoms with E-state index in [0.29, 0.717) is 44.1 Å². The third kappa shape index (κ3) is 23.9. The predicted molar refractivity (Wildman–Crippen MR) is 308 cm³/mol. The Bertz CT molecular complexity index is 2220. The summed E-state index contributed by atoms with van der Waals surface area (Å²) in [5.41, 5.74) is 0.675. The van der Waals surface area contributed by atoms with Gasteiger partial charge in [-0.2, -0.15) is 0 Å². The fraction of sp³-hybridized carbons (Fsp3) is 0.807. The first kappa shape index (κ1) is 78.1. The predicted octanol–water partition coefficient (Wildman–Crippen LogP) is -8.66. The number of aliphatic hydroxyl groups is 16. The summed E-state index contributed by atoms with van der Waals surface area (Å²) in [6.45, 7) is -4.33. The van der Waals surface area contributed by atoms with Crippen LogP contribution in [0.25, 0.3) is 0 Å². The molecular formula is C57H95N5O30. The lowest BCUT2D eigenvalue weighted by molar-refractivity contribution is -0.303. The lowest BCUT2D eigenvalue weighted by Gasteiger charge is -2.40. The molecular weight excluding hydrogens is 1230 g/mol. The average molecular weight is 1330 g/mol. The van der Waals surface area contributed by atoms with Gasteiger partial charge in [-0.15, -0.1) is 0 Å². The molecule has 4 heterocycles. The van der Waals surface area contributed by atoms with Crippen molar-refractivity contribution >= 4 is 29.7 Å². The molecule has 0 bridgehead atoms. The molecule has 4 saturated heterocycles. The quantitative estimate of drug-likeness (QED) is 0.0272. The number of amides is 5. The molecule has 5 amide bonds. The third-order valence-corrected chi connectivity index (χ3v) is 15.9. The molecule has 0 aromatic heterocycles. The van der Waals surface area contributed by atoms with Crippen LogP contribution >= 0.6 is 0 Å². The van der Waals surface area contributed by atoms with Crippen molar-refractivity contribution in [2.75, 3.05) is 92.1 Å². The fourth-order valence-electron chi connectivity index (χ4n) is 10.2. The molecule has 528 valence electrons. The molecule has 19 N–H and O–H groups in total. The molecule has 35 nitrogen and oxygen atoms in total. The zero-order chi connectivity index (χ0) is 67.4. The molecule has 0 aliphatic carbocycles. The van der Waals surface area contributed by atoms with Crippen molar-refractivity contribution in [3.63, 3.8) is 0 Å². The molecule has 5 rings (SSSR count). The third-order valence-electron chi connectivity index (χ3n) is 15.9. The molecule has 0 saturated carbocycles. The van der Waals surface area contributed by atoms with E-state index in [1.165, 1.54) is 9.80 Å². The zero-order valence-corrected chi connectivity index (χ0v) is 51.0. The van der Waals surface area contributed by atoms with Crippen LogP contribution in [0.2, 0.25) is 0 Å². The maximum Gasteiger partial charge on any atom is 0.408 e. The zero-order valence-electron chi connectivity index (χ0n) is 51.0. The number of ether oxygens (including phenoxy) is 9. The SMILES string of the molecule is O=C(CC[C@@H](NC(=O)OCc1ccccc1)C(=O)NCCCCCC(=O)N(CCO[C@H]1O[C@H](CO)[C@@H](O)[C@H](O)[C@@H]1O)CCO[C@H]1O[C@H](CO)[C@@H](O)[C@H](O)[C@@H]1O)NCCCCCC(=O)N(CCO[C@H]1O[C@H](CO)[C@@H](O)[C@H](O)[C@@H]1O)CCO[C@H]1O[C@H](CO)[C@@H](O)[C@H](O)[C@@H]1O. The molecule has 0 spiro atoms. The van der Waals surface area contributed by atoms with Crippen molar-refractivity contribution in [2.24, 2.45) is 0 Å². The number of rotatable bonds is 39. The van der Waals surface area contributed by atoms with Crippen LogP contribution in [0.3, 0.4) is 0 Å². The normalized spacial score (nSPS) is 31.9. The molecule has 21 atom stereocenters. The first-order valence-corrected chi connectivity index (χ1v) is 30.8. The molecule has 35 heteroatoms. The number of hydrogen-bond acceptors (Lipinski definition) is 30. The Labute approximate surface area is 530 Å². The van der Waals surface area contributed by atoms with Gasteiger partial charge < -0.3 is 150 Å². The molecule has 1 aromatic carbocycles. The number of carbonyl (C=O) groups excluding carboxylic acids is 5. The van der Waals surface area contributed by atoms with Crippen molar-refractivity contribution < 1.29 is 148 Å². The Kier molecular flexibility index (Phi) is 34.6. The van der Waals surface area contributed by atoms with E-state index >= 15 is 0 Å². The number of aliphatic hydroxyl groups excluding tert-OH is 16. The highest BCUT2D eigenvalue weighted by atomic mass is 16.7. The number of nitrogens with zero attached hydrogens (tertiary/aromatic N) is 2. The molecule has 0 radical (unpaired) electrons. The Hall–Kier alpha value is -4.59. The van der Waals surface area contributed by atoms with Gasteiger partial charge in [-0.25, -0.2) is 4.79 Å². The maximum absolute atomic E-state index is 13.6. The largest absolute Gasteiger partial charge is 0.445 e. The fourth-order valence-corrected chi connectivity index (χ4v) is 10.2. The standard InChI is InChI=1S/C57H95N5O30/c63-26-33-40(70)44(74)48(78)53(89-33)84-22-18-61(19-23-85-54-49(79)45(75)41(71)34(27-64)90-54)38(68)12-6-2-8-16-58-37(67)15-14-32(60-57(83)88-30-31-10-4-1-5-11-31)52(82)59-17-9-3-7-13-39(69)62(20-24-86-55-50(80)46(76)42(72)35(28-65)91-55)21-25-87-56-51(81)47(77)43(73)36(29-66)92-56/h1,4-5,10-11,32-36,40-51,53-56,63-66,70-81H,2-3,6-9,12-30H2,(H,58,67)(H,59,82)(H,60,83)/t32-,33-,34-,35-,36-,40-,41-,42-,43-,44+,45+,46+,47+,48+,49+,50+,51+,53+,54+,55+,56+/m1/s1. The van der Waals surface area contributed by atoms with E-state index in [-0.39, 0.29) is 98.0 Å². The number of unbranched alkanes of at least 4 members (excludes halogenated alkanes) is 4. The Balaban J connectivity index is 1.08. The lowest BCUT2D eigenvalue weighted by atomic mass is 9.99. The van der Waals surface area contributed by atoms with Crippen molar-refractivity contribution in [3.8, 4) is 0 Å². The Morgan fingerprint density at radius 3 is 1.13 bits per heavy atom. The summed E-state index contributed by atoms with van der Waals surface area (Å²) in [5.74, 6) is -1.91. The average Bonchev–Trinajstić information content (AvgIpc) is 3.12. The summed E-state index contributed by atoms with van der Waals surface area (Å²) in [6, 6.07) is 7.52. The number of carbonyl (C=O) groups is 5. The van der Waals surface area contributed by atoms with Crippen LogP contribution in [-0.4, -0.2) is 342 Å². The van der Waals surface area contributed by atoms with E-state index in [2.05, 4.69) is 16.0 Å². The lowest BCUT2D eigenvalue weighted by Crippen LogP contribution is -2.59. The highest BCUT2D eigenvalue weighted by Crippen LogP contribution is 2.26. The molecule has 0 unspecified atom stereocenters. The first-order valence-electron chi connectivity index (χ1n) is 30.8. The smallest absolute Gasteiger partial charge is 0.408 e. The topological polar surface area (TPSA) is 535 Å². The minimum atomic E-state index is -1.72. The molecule has 1 aromatic rings. The van der Waals surface area contributed by atoms with Gasteiger partial charge in [0.2, 0.25) is 23.6 Å².